The van der Waals surface area contributed by atoms with Crippen molar-refractivity contribution in [3.8, 4) is 0 Å². The number of carbonyl (C=O) groups is 1. The molecular formula is C23H45N3O26P6. The number of aryl methyl sites for hydroxylation is 1. The Hall–Kier alpha value is -1.15. The van der Waals surface area contributed by atoms with Crippen LogP contribution in [-0.4, -0.2) is 106 Å². The van der Waals surface area contributed by atoms with Gasteiger partial charge in [-0.3, -0.25) is 28.2 Å². The predicted molar refractivity (Wildman–Crippen MR) is 190 cm³/mol. The number of nitrogens with zero attached hydrogens (tertiary/aromatic N) is 1. The Bertz CT molecular complexity index is 1970. The summed E-state index contributed by atoms with van der Waals surface area (Å²) >= 11 is 0. The number of phosphoric ester groups is 2. The lowest BCUT2D eigenvalue weighted by Gasteiger charge is -2.22. The molecule has 0 aliphatic carbocycles. The molecule has 338 valence electrons. The molecule has 58 heavy (non-hydrogen) atoms. The van der Waals surface area contributed by atoms with Gasteiger partial charge in [-0.25, -0.2) is 32.2 Å². The number of hydrogen-bond acceptors (Lipinski definition) is 20. The first-order valence-electron chi connectivity index (χ1n) is 16.4. The number of hydrogen-bond donors (Lipinski definition) is 10. The minimum absolute atomic E-state index is 0.0551. The molecule has 9 atom stereocenters. The molecule has 0 bridgehead atoms. The van der Waals surface area contributed by atoms with Crippen molar-refractivity contribution in [1.82, 2.24) is 14.9 Å². The standard InChI is InChI=1S/C23H45N3O26P6/c1-16-13-26(22(31)25-21(16)30)20-12-17(28)18(47-20)14-46-54(34,35)49-56(38,39)51-58(42,43)52-57(40,41)50-55(36,37)48-53(32,33)45-10-7-5-4-6-9-24-19(29)8-11-44-23(2,3)15-27/h13,17-18,20,27-28H,4-12,14-15H2,1-3H3,(H,24,29)(H,32,33)(H,34,35)(H,36,37)(H,38,39)(H,40,41)(H,42,43)(H,25,30,31)/t17-,18?,20-/m1/s1. The molecule has 1 fully saturated rings. The normalized spacial score (nSPS) is 23.7. The SMILES string of the molecule is Cc1cn([C@H]2C[C@@H](O)C(COP(=O)(O)OP(=O)(O)OP(=O)(O)OP(=O)(O)OP(=O)(O)OP(=O)(O)OCCCCCCNC(=O)CCOC(C)(C)CO)O2)c(=O)[nH]c1=O. The van der Waals surface area contributed by atoms with E-state index in [1.807, 2.05) is 4.98 Å². The van der Waals surface area contributed by atoms with Crippen LogP contribution in [0.4, 0.5) is 0 Å². The summed E-state index contributed by atoms with van der Waals surface area (Å²) in [5, 5.41) is 22.0. The van der Waals surface area contributed by atoms with Crippen LogP contribution in [0.15, 0.2) is 15.8 Å². The number of aromatic amines is 1. The molecule has 1 aromatic heterocycles. The minimum Gasteiger partial charge on any atom is -0.393 e. The highest BCUT2D eigenvalue weighted by Gasteiger charge is 2.50. The molecule has 1 aliphatic heterocycles. The maximum absolute atomic E-state index is 12.3. The third-order valence-electron chi connectivity index (χ3n) is 6.94. The number of unbranched alkanes of at least 4 members (excludes halogenated alkanes) is 3. The summed E-state index contributed by atoms with van der Waals surface area (Å²) in [5.74, 6) is -0.299. The molecule has 0 aromatic carbocycles. The molecule has 0 spiro atoms. The van der Waals surface area contributed by atoms with Gasteiger partial charge >= 0.3 is 52.6 Å². The average molecular weight is 965 g/mol. The van der Waals surface area contributed by atoms with Crippen LogP contribution in [0.2, 0.25) is 0 Å². The van der Waals surface area contributed by atoms with Gasteiger partial charge in [0.05, 0.1) is 38.1 Å². The van der Waals surface area contributed by atoms with Gasteiger partial charge in [0.25, 0.3) is 5.56 Å². The Morgan fingerprint density at radius 1 is 0.828 bits per heavy atom. The van der Waals surface area contributed by atoms with Gasteiger partial charge in [-0.15, -0.1) is 0 Å². The molecule has 7 unspecified atom stereocenters. The van der Waals surface area contributed by atoms with Crippen LogP contribution in [0.5, 0.6) is 0 Å². The number of nitrogens with one attached hydrogen (secondary N) is 2. The van der Waals surface area contributed by atoms with E-state index in [1.165, 1.54) is 6.92 Å². The fourth-order valence-electron chi connectivity index (χ4n) is 4.30. The maximum atomic E-state index is 12.3. The molecule has 1 aliphatic rings. The third kappa shape index (κ3) is 20.1. The van der Waals surface area contributed by atoms with E-state index in [0.29, 0.717) is 19.3 Å². The summed E-state index contributed by atoms with van der Waals surface area (Å²) in [7, 11) is -36.9. The van der Waals surface area contributed by atoms with Gasteiger partial charge in [0, 0.05) is 31.1 Å². The lowest BCUT2D eigenvalue weighted by atomic mass is 10.1. The highest BCUT2D eigenvalue weighted by atomic mass is 31.3. The molecule has 0 radical (unpaired) electrons. The van der Waals surface area contributed by atoms with Crippen LogP contribution in [0.1, 0.15) is 64.2 Å². The van der Waals surface area contributed by atoms with Crippen molar-refractivity contribution in [3.05, 3.63) is 32.6 Å². The van der Waals surface area contributed by atoms with Gasteiger partial charge in [0.1, 0.15) is 12.3 Å². The molecule has 2 rings (SSSR count). The highest BCUT2D eigenvalue weighted by molar-refractivity contribution is 7.72. The molecule has 0 saturated carbocycles. The van der Waals surface area contributed by atoms with E-state index in [4.69, 9.17) is 14.6 Å². The summed E-state index contributed by atoms with van der Waals surface area (Å²) < 4.78 is 112. The molecule has 1 saturated heterocycles. The number of rotatable bonds is 27. The van der Waals surface area contributed by atoms with E-state index in [0.717, 1.165) is 10.8 Å². The third-order valence-corrected chi connectivity index (χ3v) is 16.2. The number of aliphatic hydroxyl groups is 2. The lowest BCUT2D eigenvalue weighted by molar-refractivity contribution is -0.124. The Balaban J connectivity index is 1.79. The van der Waals surface area contributed by atoms with Crippen molar-refractivity contribution in [3.63, 3.8) is 0 Å². The van der Waals surface area contributed by atoms with Crippen LogP contribution in [0, 0.1) is 6.92 Å². The number of H-pyrrole nitrogens is 1. The van der Waals surface area contributed by atoms with E-state index >= 15 is 0 Å². The topological polar surface area (TPSA) is 431 Å². The van der Waals surface area contributed by atoms with Crippen molar-refractivity contribution < 1.29 is 112 Å². The van der Waals surface area contributed by atoms with Gasteiger partial charge in [-0.05, 0) is 33.6 Å². The number of ether oxygens (including phenoxy) is 2. The van der Waals surface area contributed by atoms with Crippen molar-refractivity contribution in [2.24, 2.45) is 0 Å². The molecule has 1 aromatic rings. The van der Waals surface area contributed by atoms with Crippen molar-refractivity contribution in [2.45, 2.75) is 83.3 Å². The monoisotopic (exact) mass is 965 g/mol. The summed E-state index contributed by atoms with van der Waals surface area (Å²) in [6.07, 6.45) is -2.07. The quantitative estimate of drug-likeness (QED) is 0.0435. The van der Waals surface area contributed by atoms with Crippen LogP contribution < -0.4 is 16.6 Å². The van der Waals surface area contributed by atoms with Crippen molar-refractivity contribution in [2.75, 3.05) is 33.0 Å². The fraction of sp³-hybridized carbons (Fsp3) is 0.783. The molecule has 1 amide bonds. The molecule has 10 N–H and O–H groups in total. The Morgan fingerprint density at radius 3 is 1.86 bits per heavy atom. The van der Waals surface area contributed by atoms with Gasteiger partial charge < -0.3 is 54.4 Å². The number of aromatic nitrogens is 2. The molecule has 29 nitrogen and oxygen atoms in total. The van der Waals surface area contributed by atoms with E-state index in [-0.39, 0.29) is 50.5 Å². The highest BCUT2D eigenvalue weighted by Crippen LogP contribution is 2.75. The first-order valence-corrected chi connectivity index (χ1v) is 25.3. The number of aliphatic hydroxyl groups excluding tert-OH is 2. The van der Waals surface area contributed by atoms with Crippen LogP contribution >= 0.6 is 46.9 Å². The zero-order valence-corrected chi connectivity index (χ0v) is 36.0. The zero-order chi connectivity index (χ0) is 44.4. The van der Waals surface area contributed by atoms with Crippen molar-refractivity contribution in [1.29, 1.82) is 0 Å². The number of phosphoric acid groups is 6. The predicted octanol–water partition coefficient (Wildman–Crippen LogP) is 1.07. The second-order valence-electron chi connectivity index (χ2n) is 12.5. The Morgan fingerprint density at radius 2 is 1.33 bits per heavy atom. The van der Waals surface area contributed by atoms with Gasteiger partial charge in [-0.2, -0.15) is 21.6 Å². The Kier molecular flexibility index (Phi) is 19.9. The summed E-state index contributed by atoms with van der Waals surface area (Å²) in [4.78, 5) is 95.7. The van der Waals surface area contributed by atoms with Crippen molar-refractivity contribution >= 4 is 52.8 Å². The first-order chi connectivity index (χ1) is 26.4. The Labute approximate surface area is 328 Å². The van der Waals surface area contributed by atoms with E-state index in [1.54, 1.807) is 13.8 Å². The van der Waals surface area contributed by atoms with E-state index < -0.39 is 95.4 Å². The summed E-state index contributed by atoms with van der Waals surface area (Å²) in [5.41, 5.74) is -2.35. The largest absolute Gasteiger partial charge is 0.490 e. The maximum Gasteiger partial charge on any atom is 0.490 e. The number of amides is 1. The summed E-state index contributed by atoms with van der Waals surface area (Å²) in [6.45, 7) is 3.10. The van der Waals surface area contributed by atoms with Gasteiger partial charge in [0.2, 0.25) is 5.91 Å². The summed E-state index contributed by atoms with van der Waals surface area (Å²) in [6, 6.07) is 0. The second-order valence-corrected chi connectivity index (χ2v) is 21.9. The van der Waals surface area contributed by atoms with Gasteiger partial charge in [-0.1, -0.05) is 12.8 Å². The van der Waals surface area contributed by atoms with Crippen LogP contribution in [-0.2, 0) is 72.3 Å². The smallest absolute Gasteiger partial charge is 0.393 e. The van der Waals surface area contributed by atoms with E-state index in [2.05, 4.69) is 35.9 Å². The van der Waals surface area contributed by atoms with Gasteiger partial charge in [0.15, 0.2) is 0 Å². The molecule has 35 heteroatoms. The van der Waals surface area contributed by atoms with Crippen LogP contribution in [0.25, 0.3) is 0 Å². The second kappa shape index (κ2) is 21.8. The lowest BCUT2D eigenvalue weighted by Crippen LogP contribution is -2.33. The average Bonchev–Trinajstić information content (AvgIpc) is 3.39. The number of carbonyl (C=O) groups excluding carboxylic acids is 1. The fourth-order valence-corrected chi connectivity index (χ4v) is 12.1. The minimum atomic E-state index is -6.49. The van der Waals surface area contributed by atoms with E-state index in [9.17, 15) is 76.2 Å². The molecular weight excluding hydrogens is 920 g/mol. The molecule has 2 heterocycles. The van der Waals surface area contributed by atoms with Crippen LogP contribution in [0.3, 0.4) is 0 Å². The first kappa shape index (κ1) is 53.0. The zero-order valence-electron chi connectivity index (χ0n) is 30.6.